The van der Waals surface area contributed by atoms with Crippen molar-refractivity contribution in [1.29, 1.82) is 0 Å². The third-order valence-corrected chi connectivity index (χ3v) is 2.33. The van der Waals surface area contributed by atoms with Crippen molar-refractivity contribution in [2.75, 3.05) is 0 Å². The SMILES string of the molecule is C=CC(=O)N[C@H]1CCCC[C@@H]1N. The Hall–Kier alpha value is -0.830. The number of carbonyl (C=O) groups excluding carboxylic acids is 1. The van der Waals surface area contributed by atoms with Crippen molar-refractivity contribution in [3.8, 4) is 0 Å². The van der Waals surface area contributed by atoms with E-state index >= 15 is 0 Å². The van der Waals surface area contributed by atoms with Crippen LogP contribution in [0.15, 0.2) is 12.7 Å². The zero-order valence-electron chi connectivity index (χ0n) is 7.25. The molecular weight excluding hydrogens is 152 g/mol. The molecule has 1 saturated carbocycles. The largest absolute Gasteiger partial charge is 0.348 e. The number of amides is 1. The molecule has 0 bridgehead atoms. The van der Waals surface area contributed by atoms with E-state index in [0.717, 1.165) is 19.3 Å². The monoisotopic (exact) mass is 168 g/mol. The van der Waals surface area contributed by atoms with E-state index in [4.69, 9.17) is 5.73 Å². The highest BCUT2D eigenvalue weighted by molar-refractivity contribution is 5.87. The van der Waals surface area contributed by atoms with Crippen LogP contribution < -0.4 is 11.1 Å². The number of carbonyl (C=O) groups is 1. The molecule has 0 aromatic rings. The van der Waals surface area contributed by atoms with Gasteiger partial charge in [-0.2, -0.15) is 0 Å². The van der Waals surface area contributed by atoms with Crippen molar-refractivity contribution >= 4 is 5.91 Å². The van der Waals surface area contributed by atoms with Crippen LogP contribution in [-0.4, -0.2) is 18.0 Å². The van der Waals surface area contributed by atoms with Crippen molar-refractivity contribution in [2.45, 2.75) is 37.8 Å². The van der Waals surface area contributed by atoms with Gasteiger partial charge in [0.25, 0.3) is 0 Å². The molecule has 0 heterocycles. The Bertz CT molecular complexity index is 179. The van der Waals surface area contributed by atoms with E-state index in [2.05, 4.69) is 11.9 Å². The van der Waals surface area contributed by atoms with Crippen molar-refractivity contribution in [3.63, 3.8) is 0 Å². The predicted molar refractivity (Wildman–Crippen MR) is 48.6 cm³/mol. The quantitative estimate of drug-likeness (QED) is 0.592. The van der Waals surface area contributed by atoms with Crippen LogP contribution >= 0.6 is 0 Å². The van der Waals surface area contributed by atoms with E-state index < -0.39 is 0 Å². The van der Waals surface area contributed by atoms with Gasteiger partial charge in [0.05, 0.1) is 0 Å². The van der Waals surface area contributed by atoms with Crippen LogP contribution in [-0.2, 0) is 4.79 Å². The molecule has 0 saturated heterocycles. The van der Waals surface area contributed by atoms with Crippen LogP contribution in [0.1, 0.15) is 25.7 Å². The van der Waals surface area contributed by atoms with Crippen LogP contribution in [0.5, 0.6) is 0 Å². The molecule has 0 spiro atoms. The summed E-state index contributed by atoms with van der Waals surface area (Å²) in [6, 6.07) is 0.284. The van der Waals surface area contributed by atoms with Crippen molar-refractivity contribution < 1.29 is 4.79 Å². The van der Waals surface area contributed by atoms with Crippen LogP contribution in [0, 0.1) is 0 Å². The van der Waals surface area contributed by atoms with Crippen molar-refractivity contribution in [2.24, 2.45) is 5.73 Å². The number of rotatable bonds is 2. The summed E-state index contributed by atoms with van der Waals surface area (Å²) in [4.78, 5) is 10.9. The highest BCUT2D eigenvalue weighted by Gasteiger charge is 2.22. The summed E-state index contributed by atoms with van der Waals surface area (Å²) in [7, 11) is 0. The standard InChI is InChI=1S/C9H16N2O/c1-2-9(12)11-8-6-4-3-5-7(8)10/h2,7-8H,1,3-6,10H2,(H,11,12)/t7-,8-/m0/s1. The molecule has 3 heteroatoms. The highest BCUT2D eigenvalue weighted by atomic mass is 16.1. The zero-order valence-corrected chi connectivity index (χ0v) is 7.25. The number of hydrogen-bond acceptors (Lipinski definition) is 2. The normalized spacial score (nSPS) is 29.4. The lowest BCUT2D eigenvalue weighted by atomic mass is 9.91. The number of nitrogens with one attached hydrogen (secondary N) is 1. The van der Waals surface area contributed by atoms with Gasteiger partial charge >= 0.3 is 0 Å². The molecule has 0 radical (unpaired) electrons. The maximum Gasteiger partial charge on any atom is 0.243 e. The summed E-state index contributed by atoms with van der Waals surface area (Å²) >= 11 is 0. The Labute approximate surface area is 73.0 Å². The fourth-order valence-corrected chi connectivity index (χ4v) is 1.58. The smallest absolute Gasteiger partial charge is 0.243 e. The Morgan fingerprint density at radius 2 is 2.17 bits per heavy atom. The Morgan fingerprint density at radius 3 is 2.75 bits per heavy atom. The van der Waals surface area contributed by atoms with E-state index in [9.17, 15) is 4.79 Å². The molecule has 68 valence electrons. The van der Waals surface area contributed by atoms with E-state index in [1.165, 1.54) is 12.5 Å². The van der Waals surface area contributed by atoms with Gasteiger partial charge in [-0.1, -0.05) is 19.4 Å². The van der Waals surface area contributed by atoms with Crippen LogP contribution in [0.4, 0.5) is 0 Å². The first kappa shape index (κ1) is 9.26. The third-order valence-electron chi connectivity index (χ3n) is 2.33. The van der Waals surface area contributed by atoms with E-state index in [0.29, 0.717) is 0 Å². The lowest BCUT2D eigenvalue weighted by Gasteiger charge is -2.28. The highest BCUT2D eigenvalue weighted by Crippen LogP contribution is 2.16. The topological polar surface area (TPSA) is 55.1 Å². The molecule has 1 amide bonds. The summed E-state index contributed by atoms with van der Waals surface area (Å²) in [5.74, 6) is -0.114. The number of hydrogen-bond donors (Lipinski definition) is 2. The molecule has 0 unspecified atom stereocenters. The first-order valence-electron chi connectivity index (χ1n) is 4.42. The minimum absolute atomic E-state index is 0.114. The van der Waals surface area contributed by atoms with Gasteiger partial charge in [-0.3, -0.25) is 4.79 Å². The van der Waals surface area contributed by atoms with Gasteiger partial charge in [-0.25, -0.2) is 0 Å². The van der Waals surface area contributed by atoms with Crippen molar-refractivity contribution in [3.05, 3.63) is 12.7 Å². The molecule has 1 aliphatic carbocycles. The molecule has 0 aromatic carbocycles. The zero-order chi connectivity index (χ0) is 8.97. The molecule has 3 N–H and O–H groups in total. The second-order valence-electron chi connectivity index (χ2n) is 3.27. The Morgan fingerprint density at radius 1 is 1.50 bits per heavy atom. The molecule has 1 aliphatic rings. The third kappa shape index (κ3) is 2.34. The van der Waals surface area contributed by atoms with E-state index in [1.54, 1.807) is 0 Å². The van der Waals surface area contributed by atoms with Gasteiger partial charge in [-0.05, 0) is 18.9 Å². The molecule has 0 aliphatic heterocycles. The minimum Gasteiger partial charge on any atom is -0.348 e. The fraction of sp³-hybridized carbons (Fsp3) is 0.667. The van der Waals surface area contributed by atoms with Crippen LogP contribution in [0.25, 0.3) is 0 Å². The Balaban J connectivity index is 2.38. The molecular formula is C9H16N2O. The second-order valence-corrected chi connectivity index (χ2v) is 3.27. The average Bonchev–Trinajstić information content (AvgIpc) is 2.09. The van der Waals surface area contributed by atoms with Crippen LogP contribution in [0.2, 0.25) is 0 Å². The first-order chi connectivity index (χ1) is 5.74. The van der Waals surface area contributed by atoms with Gasteiger partial charge in [0.15, 0.2) is 0 Å². The molecule has 2 atom stereocenters. The minimum atomic E-state index is -0.114. The summed E-state index contributed by atoms with van der Waals surface area (Å²) in [5.41, 5.74) is 5.83. The molecule has 1 rings (SSSR count). The first-order valence-corrected chi connectivity index (χ1v) is 4.42. The van der Waals surface area contributed by atoms with E-state index in [1.807, 2.05) is 0 Å². The Kier molecular flexibility index (Phi) is 3.29. The van der Waals surface area contributed by atoms with E-state index in [-0.39, 0.29) is 18.0 Å². The second kappa shape index (κ2) is 4.26. The number of nitrogens with two attached hydrogens (primary N) is 1. The predicted octanol–water partition coefficient (Wildman–Crippen LogP) is 0.558. The molecule has 0 aromatic heterocycles. The van der Waals surface area contributed by atoms with Gasteiger partial charge in [0.1, 0.15) is 0 Å². The fourth-order valence-electron chi connectivity index (χ4n) is 1.58. The molecule has 3 nitrogen and oxygen atoms in total. The molecule has 1 fully saturated rings. The van der Waals surface area contributed by atoms with Crippen molar-refractivity contribution in [1.82, 2.24) is 5.32 Å². The lowest BCUT2D eigenvalue weighted by molar-refractivity contribution is -0.117. The van der Waals surface area contributed by atoms with Gasteiger partial charge in [-0.15, -0.1) is 0 Å². The van der Waals surface area contributed by atoms with Gasteiger partial charge in [0.2, 0.25) is 5.91 Å². The maximum absolute atomic E-state index is 10.9. The lowest BCUT2D eigenvalue weighted by Crippen LogP contribution is -2.48. The summed E-state index contributed by atoms with van der Waals surface area (Å²) in [6.45, 7) is 3.40. The average molecular weight is 168 g/mol. The summed E-state index contributed by atoms with van der Waals surface area (Å²) in [6.07, 6.45) is 5.65. The molecule has 12 heavy (non-hydrogen) atoms. The summed E-state index contributed by atoms with van der Waals surface area (Å²) in [5, 5.41) is 2.84. The summed E-state index contributed by atoms with van der Waals surface area (Å²) < 4.78 is 0. The maximum atomic E-state index is 10.9. The van der Waals surface area contributed by atoms with Gasteiger partial charge < -0.3 is 11.1 Å². The van der Waals surface area contributed by atoms with Crippen LogP contribution in [0.3, 0.4) is 0 Å². The van der Waals surface area contributed by atoms with Gasteiger partial charge in [0, 0.05) is 12.1 Å².